The summed E-state index contributed by atoms with van der Waals surface area (Å²) in [5, 5.41) is 0. The molecule has 8 aromatic rings. The lowest BCUT2D eigenvalue weighted by atomic mass is 10.0. The maximum Gasteiger partial charge on any atom is 0.333 e. The molecule has 0 aromatic heterocycles. The fraction of sp³-hybridized carbons (Fsp3) is 0.121. The van der Waals surface area contributed by atoms with Crippen LogP contribution >= 0.6 is 0 Å². The molecule has 2 saturated heterocycles. The van der Waals surface area contributed by atoms with E-state index in [1.165, 1.54) is 0 Å². The van der Waals surface area contributed by atoms with Crippen molar-refractivity contribution in [1.29, 1.82) is 0 Å². The van der Waals surface area contributed by atoms with Crippen molar-refractivity contribution in [2.75, 3.05) is 36.0 Å². The van der Waals surface area contributed by atoms with Gasteiger partial charge in [0.1, 0.15) is 11.1 Å². The standard InChI is InChI=1S/C66H56N6O6/c1-5-67-61(73)59(62(74)68(6-2)65(67)77)43-45-19-31-53(32-20-45)71(55-35-23-49(24-36-55)47-15-11-9-12-16-47)57-39-27-51(28-40-57)52-29-41-58(42-30-52)72(56-37-25-50(26-38-56)48-17-13-10-14-18-48)54-33-21-46(22-34-54)44-60-63(75)69(7-3)66(78)70(8-4)64(60)76/h9-44H,5-8H2,1-4H3. The summed E-state index contributed by atoms with van der Waals surface area (Å²) in [4.78, 5) is 87.6. The monoisotopic (exact) mass is 1030 g/mol. The Morgan fingerprint density at radius 2 is 0.487 bits per heavy atom. The molecule has 2 heterocycles. The molecular formula is C66H56N6O6. The van der Waals surface area contributed by atoms with Gasteiger partial charge in [-0.2, -0.15) is 0 Å². The van der Waals surface area contributed by atoms with Crippen LogP contribution < -0.4 is 9.80 Å². The number of hydrogen-bond acceptors (Lipinski definition) is 8. The zero-order chi connectivity index (χ0) is 54.5. The van der Waals surface area contributed by atoms with Crippen molar-refractivity contribution in [2.24, 2.45) is 0 Å². The van der Waals surface area contributed by atoms with E-state index in [0.29, 0.717) is 11.1 Å². The first-order valence-electron chi connectivity index (χ1n) is 26.1. The predicted octanol–water partition coefficient (Wildman–Crippen LogP) is 14.1. The fourth-order valence-electron chi connectivity index (χ4n) is 9.91. The van der Waals surface area contributed by atoms with Gasteiger partial charge < -0.3 is 9.80 Å². The third kappa shape index (κ3) is 10.1. The molecule has 0 atom stereocenters. The number of barbiturate groups is 2. The lowest BCUT2D eigenvalue weighted by molar-refractivity contribution is -0.137. The van der Waals surface area contributed by atoms with Crippen LogP contribution in [0.1, 0.15) is 38.8 Å². The molecule has 0 unspecified atom stereocenters. The third-order valence-corrected chi connectivity index (χ3v) is 14.1. The first kappa shape index (κ1) is 51.5. The number of anilines is 6. The SMILES string of the molecule is CCN1C(=O)C(=Cc2ccc(N(c3ccc(-c4ccccc4)cc3)c3ccc(-c4ccc(N(c5ccc(C=C6C(=O)N(CC)C(=O)N(CC)C6=O)cc5)c5ccc(-c6ccccc6)cc5)cc4)cc3)cc2)C(=O)N(CC)C1=O. The minimum absolute atomic E-state index is 0.0573. The molecule has 0 bridgehead atoms. The first-order chi connectivity index (χ1) is 38.0. The molecule has 0 saturated carbocycles. The van der Waals surface area contributed by atoms with Crippen LogP contribution in [-0.2, 0) is 19.2 Å². The summed E-state index contributed by atoms with van der Waals surface area (Å²) in [5.74, 6) is -2.42. The molecule has 0 spiro atoms. The van der Waals surface area contributed by atoms with E-state index in [4.69, 9.17) is 0 Å². The van der Waals surface area contributed by atoms with E-state index in [1.807, 2.05) is 84.9 Å². The second kappa shape index (κ2) is 22.5. The van der Waals surface area contributed by atoms with Gasteiger partial charge in [-0.05, 0) is 157 Å². The van der Waals surface area contributed by atoms with Gasteiger partial charge in [-0.3, -0.25) is 38.8 Å². The largest absolute Gasteiger partial charge is 0.333 e. The lowest BCUT2D eigenvalue weighted by Crippen LogP contribution is -2.56. The smallest absolute Gasteiger partial charge is 0.311 e. The van der Waals surface area contributed by atoms with Gasteiger partial charge >= 0.3 is 12.1 Å². The summed E-state index contributed by atoms with van der Waals surface area (Å²) >= 11 is 0. The molecule has 12 heteroatoms. The molecule has 8 amide bonds. The van der Waals surface area contributed by atoms with Crippen molar-refractivity contribution < 1.29 is 28.8 Å². The second-order valence-electron chi connectivity index (χ2n) is 18.7. The molecule has 12 nitrogen and oxygen atoms in total. The Kier molecular flexibility index (Phi) is 14.9. The molecule has 10 rings (SSSR count). The van der Waals surface area contributed by atoms with Gasteiger partial charge in [0, 0.05) is 60.3 Å². The Hall–Kier alpha value is -9.94. The van der Waals surface area contributed by atoms with Crippen molar-refractivity contribution in [3.8, 4) is 33.4 Å². The van der Waals surface area contributed by atoms with Crippen LogP contribution in [-0.4, -0.2) is 81.5 Å². The quantitative estimate of drug-likeness (QED) is 0.0735. The van der Waals surface area contributed by atoms with Gasteiger partial charge in [0.05, 0.1) is 0 Å². The van der Waals surface area contributed by atoms with Gasteiger partial charge in [0.25, 0.3) is 23.6 Å². The number of carbonyl (C=O) groups excluding carboxylic acids is 6. The van der Waals surface area contributed by atoms with E-state index in [0.717, 1.165) is 87.1 Å². The third-order valence-electron chi connectivity index (χ3n) is 14.1. The molecule has 2 aliphatic heterocycles. The van der Waals surface area contributed by atoms with E-state index < -0.39 is 35.7 Å². The van der Waals surface area contributed by atoms with Crippen molar-refractivity contribution in [2.45, 2.75) is 27.7 Å². The van der Waals surface area contributed by atoms with E-state index in [9.17, 15) is 28.8 Å². The maximum atomic E-state index is 13.3. The summed E-state index contributed by atoms with van der Waals surface area (Å²) in [5.41, 5.74) is 12.9. The molecule has 0 radical (unpaired) electrons. The van der Waals surface area contributed by atoms with Crippen molar-refractivity contribution in [3.05, 3.63) is 229 Å². The highest BCUT2D eigenvalue weighted by molar-refractivity contribution is 6.31. The molecular weight excluding hydrogens is 973 g/mol. The minimum atomic E-state index is -0.606. The van der Waals surface area contributed by atoms with Gasteiger partial charge in [-0.25, -0.2) is 9.59 Å². The van der Waals surface area contributed by atoms with Gasteiger partial charge in [0.15, 0.2) is 0 Å². The van der Waals surface area contributed by atoms with Crippen LogP contribution in [0, 0.1) is 0 Å². The number of hydrogen-bond donors (Lipinski definition) is 0. The summed E-state index contributed by atoms with van der Waals surface area (Å²) in [6, 6.07) is 68.0. The number of urea groups is 2. The van der Waals surface area contributed by atoms with Crippen LogP contribution in [0.25, 0.3) is 45.5 Å². The first-order valence-corrected chi connectivity index (χ1v) is 26.1. The summed E-state index contributed by atoms with van der Waals surface area (Å²) in [6.45, 7) is 7.45. The van der Waals surface area contributed by atoms with Crippen LogP contribution in [0.2, 0.25) is 0 Å². The normalized spacial score (nSPS) is 13.8. The highest BCUT2D eigenvalue weighted by atomic mass is 16.2. The lowest BCUT2D eigenvalue weighted by Gasteiger charge is -2.32. The predicted molar refractivity (Wildman–Crippen MR) is 308 cm³/mol. The van der Waals surface area contributed by atoms with E-state index in [1.54, 1.807) is 39.8 Å². The molecule has 8 aromatic carbocycles. The number of likely N-dealkylation sites (N-methyl/N-ethyl adjacent to an activating group) is 4. The molecule has 2 fully saturated rings. The fourth-order valence-corrected chi connectivity index (χ4v) is 9.91. The number of carbonyl (C=O) groups is 6. The van der Waals surface area contributed by atoms with E-state index in [-0.39, 0.29) is 37.3 Å². The Bertz CT molecular complexity index is 3300. The van der Waals surface area contributed by atoms with Crippen LogP contribution in [0.3, 0.4) is 0 Å². The average molecular weight is 1030 g/mol. The molecule has 78 heavy (non-hydrogen) atoms. The topological polar surface area (TPSA) is 122 Å². The molecule has 386 valence electrons. The van der Waals surface area contributed by atoms with Crippen molar-refractivity contribution >= 4 is 82.0 Å². The van der Waals surface area contributed by atoms with Crippen molar-refractivity contribution in [1.82, 2.24) is 19.6 Å². The zero-order valence-electron chi connectivity index (χ0n) is 43.7. The number of benzene rings is 8. The summed E-state index contributed by atoms with van der Waals surface area (Å²) in [7, 11) is 0. The number of imide groups is 4. The highest BCUT2D eigenvalue weighted by Gasteiger charge is 2.41. The number of nitrogens with zero attached hydrogens (tertiary/aromatic N) is 6. The highest BCUT2D eigenvalue weighted by Crippen LogP contribution is 2.40. The minimum Gasteiger partial charge on any atom is -0.311 e. The Morgan fingerprint density at radius 3 is 0.705 bits per heavy atom. The molecule has 0 aliphatic carbocycles. The number of amides is 8. The average Bonchev–Trinajstić information content (AvgIpc) is 3.56. The summed E-state index contributed by atoms with van der Waals surface area (Å²) < 4.78 is 0. The van der Waals surface area contributed by atoms with Gasteiger partial charge in [0.2, 0.25) is 0 Å². The van der Waals surface area contributed by atoms with Crippen LogP contribution in [0.15, 0.2) is 217 Å². The van der Waals surface area contributed by atoms with Gasteiger partial charge in [-0.1, -0.05) is 133 Å². The molecule has 2 aliphatic rings. The zero-order valence-corrected chi connectivity index (χ0v) is 43.7. The second-order valence-corrected chi connectivity index (χ2v) is 18.7. The van der Waals surface area contributed by atoms with Crippen LogP contribution in [0.4, 0.5) is 43.7 Å². The maximum absolute atomic E-state index is 13.3. The summed E-state index contributed by atoms with van der Waals surface area (Å²) in [6.07, 6.45) is 3.11. The van der Waals surface area contributed by atoms with E-state index in [2.05, 4.69) is 131 Å². The van der Waals surface area contributed by atoms with E-state index >= 15 is 0 Å². The Labute approximate surface area is 454 Å². The van der Waals surface area contributed by atoms with Crippen LogP contribution in [0.5, 0.6) is 0 Å². The van der Waals surface area contributed by atoms with Gasteiger partial charge in [-0.15, -0.1) is 0 Å². The number of rotatable bonds is 15. The molecule has 0 N–H and O–H groups in total. The Balaban J connectivity index is 0.959. The Morgan fingerprint density at radius 1 is 0.282 bits per heavy atom. The van der Waals surface area contributed by atoms with Crippen molar-refractivity contribution in [3.63, 3.8) is 0 Å².